The van der Waals surface area contributed by atoms with Gasteiger partial charge in [0.25, 0.3) is 0 Å². The number of allylic oxidation sites excluding steroid dienone is 1. The number of hydrogen-bond acceptors (Lipinski definition) is 4. The average Bonchev–Trinajstić information content (AvgIpc) is 2.69. The van der Waals surface area contributed by atoms with Gasteiger partial charge < -0.3 is 9.84 Å². The van der Waals surface area contributed by atoms with Gasteiger partial charge in [0, 0.05) is 0 Å². The van der Waals surface area contributed by atoms with E-state index in [1.54, 1.807) is 12.1 Å². The molecule has 22 heavy (non-hydrogen) atoms. The van der Waals surface area contributed by atoms with E-state index in [0.29, 0.717) is 6.61 Å². The van der Waals surface area contributed by atoms with Crippen LogP contribution < -0.4 is 10.2 Å². The first kappa shape index (κ1) is 15.5. The molecular formula is C18H16O4. The Morgan fingerprint density at radius 1 is 1.14 bits per heavy atom. The minimum absolute atomic E-state index is 0.0165. The minimum atomic E-state index is -0.581. The fourth-order valence-electron chi connectivity index (χ4n) is 1.89. The molecule has 0 fully saturated rings. The quantitative estimate of drug-likeness (QED) is 0.680. The monoisotopic (exact) mass is 296 g/mol. The van der Waals surface area contributed by atoms with Crippen molar-refractivity contribution in [3.63, 3.8) is 0 Å². The molecule has 0 saturated heterocycles. The van der Waals surface area contributed by atoms with E-state index in [1.807, 2.05) is 31.2 Å². The number of ether oxygens (including phenoxy) is 1. The Kier molecular flexibility index (Phi) is 5.09. The van der Waals surface area contributed by atoms with Gasteiger partial charge in [-0.1, -0.05) is 30.3 Å². The second kappa shape index (κ2) is 7.22. The molecular weight excluding hydrogens is 280 g/mol. The molecule has 0 heterocycles. The molecule has 0 bridgehead atoms. The second-order valence-corrected chi connectivity index (χ2v) is 4.54. The SMILES string of the molecule is CCOc1ccc(/C=C\C(=O)c2ccccc(=O)c2O)cc1. The molecule has 0 radical (unpaired) electrons. The lowest BCUT2D eigenvalue weighted by Crippen LogP contribution is -2.01. The van der Waals surface area contributed by atoms with Gasteiger partial charge in [-0.15, -0.1) is 0 Å². The number of carbonyl (C=O) groups excluding carboxylic acids is 1. The number of hydrogen-bond donors (Lipinski definition) is 1. The van der Waals surface area contributed by atoms with Crippen LogP contribution in [0.25, 0.3) is 6.08 Å². The number of rotatable bonds is 5. The average molecular weight is 296 g/mol. The number of ketones is 1. The standard InChI is InChI=1S/C18H16O4/c1-2-22-14-10-7-13(8-11-14)9-12-16(19)15-5-3-4-6-17(20)18(15)21/h3-12H,2H2,1H3,(H,20,21)/b12-9-. The summed E-state index contributed by atoms with van der Waals surface area (Å²) < 4.78 is 5.34. The minimum Gasteiger partial charge on any atom is -0.504 e. The van der Waals surface area contributed by atoms with Crippen molar-refractivity contribution in [1.82, 2.24) is 0 Å². The molecule has 4 nitrogen and oxygen atoms in total. The highest BCUT2D eigenvalue weighted by Crippen LogP contribution is 2.15. The van der Waals surface area contributed by atoms with Crippen molar-refractivity contribution in [2.24, 2.45) is 0 Å². The van der Waals surface area contributed by atoms with Crippen LogP contribution in [0.4, 0.5) is 0 Å². The number of aromatic hydroxyl groups is 1. The second-order valence-electron chi connectivity index (χ2n) is 4.54. The van der Waals surface area contributed by atoms with Gasteiger partial charge in [-0.2, -0.15) is 0 Å². The van der Waals surface area contributed by atoms with Crippen molar-refractivity contribution in [3.05, 3.63) is 76.0 Å². The molecule has 0 aliphatic rings. The summed E-state index contributed by atoms with van der Waals surface area (Å²) >= 11 is 0. The van der Waals surface area contributed by atoms with Gasteiger partial charge in [0.1, 0.15) is 5.75 Å². The maximum absolute atomic E-state index is 12.1. The third kappa shape index (κ3) is 3.82. The van der Waals surface area contributed by atoms with E-state index in [4.69, 9.17) is 4.74 Å². The molecule has 1 N–H and O–H groups in total. The molecule has 0 aliphatic heterocycles. The predicted molar refractivity (Wildman–Crippen MR) is 85.4 cm³/mol. The summed E-state index contributed by atoms with van der Waals surface area (Å²) in [6.07, 6.45) is 2.94. The fourth-order valence-corrected chi connectivity index (χ4v) is 1.89. The molecule has 0 aliphatic carbocycles. The molecule has 2 rings (SSSR count). The van der Waals surface area contributed by atoms with Gasteiger partial charge in [-0.25, -0.2) is 0 Å². The van der Waals surface area contributed by atoms with Crippen LogP contribution in [-0.2, 0) is 0 Å². The Morgan fingerprint density at radius 3 is 2.50 bits per heavy atom. The third-order valence-electron chi connectivity index (χ3n) is 2.99. The zero-order chi connectivity index (χ0) is 15.9. The first-order valence-electron chi connectivity index (χ1n) is 6.89. The van der Waals surface area contributed by atoms with Gasteiger partial charge in [-0.05, 0) is 42.8 Å². The summed E-state index contributed by atoms with van der Waals surface area (Å²) in [5.74, 6) is -0.208. The van der Waals surface area contributed by atoms with Crippen molar-refractivity contribution >= 4 is 11.9 Å². The van der Waals surface area contributed by atoms with Crippen LogP contribution >= 0.6 is 0 Å². The Morgan fingerprint density at radius 2 is 1.82 bits per heavy atom. The zero-order valence-corrected chi connectivity index (χ0v) is 12.2. The largest absolute Gasteiger partial charge is 0.504 e. The zero-order valence-electron chi connectivity index (χ0n) is 12.2. The topological polar surface area (TPSA) is 63.6 Å². The summed E-state index contributed by atoms with van der Waals surface area (Å²) in [7, 11) is 0. The van der Waals surface area contributed by atoms with Crippen molar-refractivity contribution in [1.29, 1.82) is 0 Å². The van der Waals surface area contributed by atoms with Crippen LogP contribution in [0.15, 0.2) is 59.4 Å². The van der Waals surface area contributed by atoms with E-state index >= 15 is 0 Å². The third-order valence-corrected chi connectivity index (χ3v) is 2.99. The van der Waals surface area contributed by atoms with E-state index in [1.165, 1.54) is 24.3 Å². The van der Waals surface area contributed by atoms with Crippen molar-refractivity contribution < 1.29 is 14.6 Å². The molecule has 2 aromatic carbocycles. The molecule has 112 valence electrons. The van der Waals surface area contributed by atoms with Crippen LogP contribution in [0.5, 0.6) is 11.5 Å². The summed E-state index contributed by atoms with van der Waals surface area (Å²) in [6, 6.07) is 12.9. The van der Waals surface area contributed by atoms with Crippen LogP contribution in [0.2, 0.25) is 0 Å². The summed E-state index contributed by atoms with van der Waals surface area (Å²) in [5, 5.41) is 9.74. The van der Waals surface area contributed by atoms with Crippen LogP contribution in [0, 0.1) is 0 Å². The van der Waals surface area contributed by atoms with Gasteiger partial charge in [-0.3, -0.25) is 9.59 Å². The Hall–Kier alpha value is -2.88. The smallest absolute Gasteiger partial charge is 0.220 e. The lowest BCUT2D eigenvalue weighted by atomic mass is 10.1. The van der Waals surface area contributed by atoms with E-state index in [0.717, 1.165) is 11.3 Å². The lowest BCUT2D eigenvalue weighted by Gasteiger charge is -2.02. The molecule has 0 saturated carbocycles. The summed E-state index contributed by atoms with van der Waals surface area (Å²) in [6.45, 7) is 2.50. The molecule has 4 heteroatoms. The highest BCUT2D eigenvalue weighted by molar-refractivity contribution is 6.08. The number of benzene rings is 1. The molecule has 0 unspecified atom stereocenters. The van der Waals surface area contributed by atoms with E-state index < -0.39 is 17.0 Å². The fraction of sp³-hybridized carbons (Fsp3) is 0.111. The predicted octanol–water partition coefficient (Wildman–Crippen LogP) is 3.05. The molecule has 0 amide bonds. The van der Waals surface area contributed by atoms with Gasteiger partial charge in [0.2, 0.25) is 5.43 Å². The Labute approximate surface area is 128 Å². The summed E-state index contributed by atoms with van der Waals surface area (Å²) in [4.78, 5) is 23.6. The molecule has 0 atom stereocenters. The van der Waals surface area contributed by atoms with E-state index in [9.17, 15) is 14.7 Å². The van der Waals surface area contributed by atoms with Crippen molar-refractivity contribution in [2.45, 2.75) is 6.92 Å². The summed E-state index contributed by atoms with van der Waals surface area (Å²) in [5.41, 5.74) is 0.221. The van der Waals surface area contributed by atoms with Crippen LogP contribution in [0.1, 0.15) is 22.8 Å². The van der Waals surface area contributed by atoms with E-state index in [-0.39, 0.29) is 5.56 Å². The maximum atomic E-state index is 12.1. The van der Waals surface area contributed by atoms with E-state index in [2.05, 4.69) is 0 Å². The van der Waals surface area contributed by atoms with Gasteiger partial charge in [0.05, 0.1) is 12.2 Å². The Balaban J connectivity index is 2.20. The first-order valence-corrected chi connectivity index (χ1v) is 6.89. The molecule has 0 spiro atoms. The van der Waals surface area contributed by atoms with Crippen LogP contribution in [0.3, 0.4) is 0 Å². The van der Waals surface area contributed by atoms with Crippen molar-refractivity contribution in [3.8, 4) is 11.5 Å². The van der Waals surface area contributed by atoms with Gasteiger partial charge in [0.15, 0.2) is 11.5 Å². The molecule has 2 aromatic rings. The highest BCUT2D eigenvalue weighted by Gasteiger charge is 2.09. The van der Waals surface area contributed by atoms with Gasteiger partial charge >= 0.3 is 0 Å². The molecule has 0 aromatic heterocycles. The highest BCUT2D eigenvalue weighted by atomic mass is 16.5. The Bertz CT molecular complexity index is 746. The normalized spacial score (nSPS) is 10.6. The maximum Gasteiger partial charge on any atom is 0.220 e. The number of carbonyl (C=O) groups is 1. The van der Waals surface area contributed by atoms with Crippen molar-refractivity contribution in [2.75, 3.05) is 6.61 Å². The first-order chi connectivity index (χ1) is 10.6. The van der Waals surface area contributed by atoms with Crippen LogP contribution in [-0.4, -0.2) is 17.5 Å². The lowest BCUT2D eigenvalue weighted by molar-refractivity contribution is 0.104.